The Morgan fingerprint density at radius 3 is 2.54 bits per heavy atom. The third kappa shape index (κ3) is 2.82. The molecule has 144 valence electrons. The minimum absolute atomic E-state index is 0.175. The van der Waals surface area contributed by atoms with Gasteiger partial charge in [-0.05, 0) is 54.3 Å². The van der Waals surface area contributed by atoms with Gasteiger partial charge in [0.25, 0.3) is 0 Å². The fourth-order valence-corrected chi connectivity index (χ4v) is 3.80. The molecule has 0 aliphatic heterocycles. The quantitative estimate of drug-likeness (QED) is 0.352. The van der Waals surface area contributed by atoms with Gasteiger partial charge in [-0.3, -0.25) is 4.57 Å². The highest BCUT2D eigenvalue weighted by atomic mass is 32.1. The molecular weight excluding hydrogens is 372 g/mol. The summed E-state index contributed by atoms with van der Waals surface area (Å²) in [6.45, 7) is 6.11. The maximum absolute atomic E-state index is 10.5. The zero-order chi connectivity index (χ0) is 20.2. The molecule has 0 amide bonds. The zero-order valence-corrected chi connectivity index (χ0v) is 17.1. The molecule has 28 heavy (non-hydrogen) atoms. The summed E-state index contributed by atoms with van der Waals surface area (Å²) in [6.07, 6.45) is 2.08. The third-order valence-corrected chi connectivity index (χ3v) is 5.39. The Morgan fingerprint density at radius 2 is 1.82 bits per heavy atom. The molecule has 0 bridgehead atoms. The third-order valence-electron chi connectivity index (χ3n) is 5.10. The number of thiol groups is 1. The number of hydrogen-bond acceptors (Lipinski definition) is 5. The van der Waals surface area contributed by atoms with Crippen LogP contribution in [0.2, 0.25) is 0 Å². The number of hydrogen-bond donors (Lipinski definition) is 3. The van der Waals surface area contributed by atoms with Crippen molar-refractivity contribution in [1.29, 1.82) is 0 Å². The first-order valence-corrected chi connectivity index (χ1v) is 9.49. The molecule has 0 aliphatic carbocycles. The van der Waals surface area contributed by atoms with Crippen LogP contribution >= 0.6 is 12.6 Å². The number of phenolic OH excluding ortho intramolecular Hbond substituents is 2. The number of aromatic hydroxyl groups is 2. The summed E-state index contributed by atoms with van der Waals surface area (Å²) >= 11 is 4.47. The van der Waals surface area contributed by atoms with Gasteiger partial charge in [0.05, 0.1) is 11.3 Å². The molecule has 2 heterocycles. The largest absolute Gasteiger partial charge is 0.504 e. The summed E-state index contributed by atoms with van der Waals surface area (Å²) in [5, 5.41) is 30.6. The van der Waals surface area contributed by atoms with E-state index in [1.165, 1.54) is 0 Å². The lowest BCUT2D eigenvalue weighted by Gasteiger charge is -2.14. The van der Waals surface area contributed by atoms with Gasteiger partial charge in [-0.15, -0.1) is 22.8 Å². The fourth-order valence-electron chi connectivity index (χ4n) is 3.55. The molecule has 0 aliphatic rings. The van der Waals surface area contributed by atoms with Crippen LogP contribution in [-0.4, -0.2) is 29.5 Å². The van der Waals surface area contributed by atoms with Crippen molar-refractivity contribution in [1.82, 2.24) is 19.3 Å². The van der Waals surface area contributed by atoms with Gasteiger partial charge in [0.15, 0.2) is 22.5 Å². The maximum Gasteiger partial charge on any atom is 0.193 e. The second-order valence-electron chi connectivity index (χ2n) is 7.37. The predicted octanol–water partition coefficient (Wildman–Crippen LogP) is 4.56. The second-order valence-corrected chi connectivity index (χ2v) is 7.77. The van der Waals surface area contributed by atoms with Crippen LogP contribution in [0.5, 0.6) is 11.5 Å². The molecule has 0 radical (unpaired) electrons. The van der Waals surface area contributed by atoms with Gasteiger partial charge >= 0.3 is 0 Å². The highest BCUT2D eigenvalue weighted by Crippen LogP contribution is 2.40. The highest BCUT2D eigenvalue weighted by molar-refractivity contribution is 7.80. The fraction of sp³-hybridized carbons (Fsp3) is 0.238. The summed E-state index contributed by atoms with van der Waals surface area (Å²) in [4.78, 5) is 0. The first-order chi connectivity index (χ1) is 13.3. The minimum Gasteiger partial charge on any atom is -0.504 e. The molecule has 0 atom stereocenters. The summed E-state index contributed by atoms with van der Waals surface area (Å²) < 4.78 is 3.85. The second kappa shape index (κ2) is 6.60. The smallest absolute Gasteiger partial charge is 0.193 e. The van der Waals surface area contributed by atoms with Crippen LogP contribution in [0, 0.1) is 6.92 Å². The van der Waals surface area contributed by atoms with Gasteiger partial charge in [-0.1, -0.05) is 13.8 Å². The van der Waals surface area contributed by atoms with Crippen molar-refractivity contribution >= 4 is 23.5 Å². The van der Waals surface area contributed by atoms with Crippen molar-refractivity contribution in [2.24, 2.45) is 7.05 Å². The Hall–Kier alpha value is -2.93. The van der Waals surface area contributed by atoms with Crippen molar-refractivity contribution in [3.05, 3.63) is 47.7 Å². The number of fused-ring (bicyclic) bond motifs is 1. The molecule has 6 nitrogen and oxygen atoms in total. The normalized spacial score (nSPS) is 11.6. The van der Waals surface area contributed by atoms with E-state index in [0.29, 0.717) is 16.5 Å². The van der Waals surface area contributed by atoms with Crippen molar-refractivity contribution in [3.63, 3.8) is 0 Å². The van der Waals surface area contributed by atoms with E-state index < -0.39 is 0 Å². The molecule has 2 aromatic heterocycles. The van der Waals surface area contributed by atoms with Crippen LogP contribution in [-0.2, 0) is 7.05 Å². The Labute approximate surface area is 168 Å². The molecular formula is C21H22N4O2S. The van der Waals surface area contributed by atoms with Gasteiger partial charge in [0.1, 0.15) is 0 Å². The van der Waals surface area contributed by atoms with Gasteiger partial charge in [-0.25, -0.2) is 0 Å². The molecule has 0 saturated heterocycles. The Bertz CT molecular complexity index is 1210. The summed E-state index contributed by atoms with van der Waals surface area (Å²) in [5.41, 5.74) is 4.44. The minimum atomic E-state index is -0.219. The first-order valence-electron chi connectivity index (χ1n) is 9.04. The molecule has 0 fully saturated rings. The zero-order valence-electron chi connectivity index (χ0n) is 16.2. The molecule has 0 unspecified atom stereocenters. The number of phenols is 2. The average Bonchev–Trinajstić information content (AvgIpc) is 3.16. The number of aromatic nitrogens is 4. The first kappa shape index (κ1) is 18.4. The van der Waals surface area contributed by atoms with Crippen molar-refractivity contribution in [2.75, 3.05) is 0 Å². The van der Waals surface area contributed by atoms with E-state index in [1.807, 2.05) is 39.1 Å². The van der Waals surface area contributed by atoms with Crippen LogP contribution in [0.1, 0.15) is 30.9 Å². The lowest BCUT2D eigenvalue weighted by Crippen LogP contribution is -2.00. The summed E-state index contributed by atoms with van der Waals surface area (Å²) in [7, 11) is 2.02. The number of benzene rings is 2. The Balaban J connectivity index is 1.96. The maximum atomic E-state index is 10.5. The van der Waals surface area contributed by atoms with E-state index in [4.69, 9.17) is 0 Å². The topological polar surface area (TPSA) is 76.1 Å². The van der Waals surface area contributed by atoms with Gasteiger partial charge in [0, 0.05) is 24.1 Å². The summed E-state index contributed by atoms with van der Waals surface area (Å²) in [6, 6.07) is 9.47. The van der Waals surface area contributed by atoms with E-state index in [1.54, 1.807) is 10.6 Å². The highest BCUT2D eigenvalue weighted by Gasteiger charge is 2.21. The van der Waals surface area contributed by atoms with E-state index in [2.05, 4.69) is 46.6 Å². The molecule has 0 saturated carbocycles. The molecule has 7 heteroatoms. The van der Waals surface area contributed by atoms with Gasteiger partial charge < -0.3 is 14.8 Å². The van der Waals surface area contributed by atoms with Gasteiger partial charge in [-0.2, -0.15) is 0 Å². The van der Waals surface area contributed by atoms with Gasteiger partial charge in [0.2, 0.25) is 0 Å². The Morgan fingerprint density at radius 1 is 1.07 bits per heavy atom. The van der Waals surface area contributed by atoms with E-state index in [-0.39, 0.29) is 17.4 Å². The number of nitrogens with zero attached hydrogens (tertiary/aromatic N) is 4. The lowest BCUT2D eigenvalue weighted by atomic mass is 9.99. The molecule has 2 aromatic carbocycles. The van der Waals surface area contributed by atoms with Crippen LogP contribution in [0.4, 0.5) is 0 Å². The van der Waals surface area contributed by atoms with Crippen LogP contribution in [0.15, 0.2) is 41.7 Å². The van der Waals surface area contributed by atoms with Crippen LogP contribution < -0.4 is 0 Å². The molecule has 2 N–H and O–H groups in total. The van der Waals surface area contributed by atoms with Crippen molar-refractivity contribution in [2.45, 2.75) is 31.8 Å². The number of rotatable bonds is 3. The SMILES string of the molecule is Cc1cn(C)c2ccc(-n3c(S)nnc3-c3cc(C(C)C)cc(O)c3O)cc12. The standard InChI is InChI=1S/C21H22N4O2S/c1-11(2)13-7-16(19(27)18(26)8-13)20-22-23-21(28)25(20)14-5-6-17-15(9-14)12(3)10-24(17)4/h5-11,26-27H,1-4H3,(H,23,28). The average molecular weight is 395 g/mol. The molecule has 4 aromatic rings. The van der Waals surface area contributed by atoms with E-state index in [0.717, 1.165) is 27.7 Å². The number of aryl methyl sites for hydroxylation is 2. The lowest BCUT2D eigenvalue weighted by molar-refractivity contribution is 0.404. The van der Waals surface area contributed by atoms with Crippen LogP contribution in [0.25, 0.3) is 28.0 Å². The van der Waals surface area contributed by atoms with E-state index in [9.17, 15) is 10.2 Å². The predicted molar refractivity (Wildman–Crippen MR) is 113 cm³/mol. The van der Waals surface area contributed by atoms with Crippen molar-refractivity contribution < 1.29 is 10.2 Å². The monoisotopic (exact) mass is 394 g/mol. The summed E-state index contributed by atoms with van der Waals surface area (Å²) in [5.74, 6) is 0.211. The van der Waals surface area contributed by atoms with Crippen molar-refractivity contribution in [3.8, 4) is 28.6 Å². The molecule has 4 rings (SSSR count). The Kier molecular flexibility index (Phi) is 4.34. The van der Waals surface area contributed by atoms with E-state index >= 15 is 0 Å². The van der Waals surface area contributed by atoms with Crippen LogP contribution in [0.3, 0.4) is 0 Å². The molecule has 0 spiro atoms.